The third-order valence-electron chi connectivity index (χ3n) is 2.04. The molecular weight excluding hydrogens is 178 g/mol. The zero-order chi connectivity index (χ0) is 10.1. The van der Waals surface area contributed by atoms with Crippen molar-refractivity contribution in [3.63, 3.8) is 0 Å². The van der Waals surface area contributed by atoms with Gasteiger partial charge in [0.1, 0.15) is 11.7 Å². The normalized spacial score (nSPS) is 12.2. The average Bonchev–Trinajstić information content (AvgIpc) is 2.55. The Bertz CT molecular complexity index is 497. The maximum Gasteiger partial charge on any atom is 0.150 e. The second kappa shape index (κ2) is 3.02. The zero-order valence-corrected chi connectivity index (χ0v) is 7.78. The van der Waals surface area contributed by atoms with E-state index in [4.69, 9.17) is 11.6 Å². The monoisotopic (exact) mass is 189 g/mol. The molecule has 72 valence electrons. The number of rotatable bonds is 1. The number of aromatic amines is 1. The topological polar surface area (TPSA) is 93.1 Å². The molecular formula is C9H11N5. The summed E-state index contributed by atoms with van der Waals surface area (Å²) in [6.07, 6.45) is 0. The average molecular weight is 189 g/mol. The summed E-state index contributed by atoms with van der Waals surface area (Å²) in [5, 5.41) is 3.43. The number of hydrogen-bond donors (Lipinski definition) is 3. The van der Waals surface area contributed by atoms with Crippen molar-refractivity contribution in [3.05, 3.63) is 29.6 Å². The number of nitrogens with zero attached hydrogens (tertiary/aromatic N) is 2. The number of aryl methyl sites for hydroxylation is 1. The molecule has 0 unspecified atom stereocenters. The Hall–Kier alpha value is -2.04. The van der Waals surface area contributed by atoms with Gasteiger partial charge in [-0.2, -0.15) is 5.10 Å². The van der Waals surface area contributed by atoms with Crippen LogP contribution in [-0.2, 0) is 0 Å². The van der Waals surface area contributed by atoms with Crippen LogP contribution in [0.4, 0.5) is 0 Å². The summed E-state index contributed by atoms with van der Waals surface area (Å²) in [5.41, 5.74) is 8.23. The Morgan fingerprint density at radius 2 is 2.29 bits per heavy atom. The van der Waals surface area contributed by atoms with E-state index >= 15 is 0 Å². The van der Waals surface area contributed by atoms with E-state index in [0.29, 0.717) is 5.84 Å². The number of hydrazone groups is 1. The van der Waals surface area contributed by atoms with E-state index in [2.05, 4.69) is 15.1 Å². The van der Waals surface area contributed by atoms with Crippen molar-refractivity contribution in [1.29, 1.82) is 0 Å². The minimum Gasteiger partial charge on any atom is -0.382 e. The lowest BCUT2D eigenvalue weighted by atomic mass is 10.2. The van der Waals surface area contributed by atoms with Gasteiger partial charge in [0.25, 0.3) is 0 Å². The summed E-state index contributed by atoms with van der Waals surface area (Å²) in [6, 6.07) is 5.60. The van der Waals surface area contributed by atoms with Gasteiger partial charge in [-0.25, -0.2) is 4.98 Å². The van der Waals surface area contributed by atoms with Crippen LogP contribution >= 0.6 is 0 Å². The van der Waals surface area contributed by atoms with E-state index in [-0.39, 0.29) is 0 Å². The van der Waals surface area contributed by atoms with Gasteiger partial charge < -0.3 is 16.6 Å². The first-order chi connectivity index (χ1) is 6.70. The highest BCUT2D eigenvalue weighted by Gasteiger charge is 2.02. The lowest BCUT2D eigenvalue weighted by molar-refractivity contribution is 1.17. The molecule has 0 aliphatic rings. The van der Waals surface area contributed by atoms with Crippen molar-refractivity contribution >= 4 is 16.9 Å². The molecule has 2 aromatic rings. The molecule has 5 heteroatoms. The maximum atomic E-state index is 5.58. The van der Waals surface area contributed by atoms with Gasteiger partial charge in [0, 0.05) is 5.56 Å². The lowest BCUT2D eigenvalue weighted by Crippen LogP contribution is -2.15. The van der Waals surface area contributed by atoms with Crippen LogP contribution in [0.1, 0.15) is 11.4 Å². The summed E-state index contributed by atoms with van der Waals surface area (Å²) in [4.78, 5) is 7.39. The van der Waals surface area contributed by atoms with Crippen molar-refractivity contribution in [2.45, 2.75) is 6.92 Å². The van der Waals surface area contributed by atoms with Crippen LogP contribution in [0.25, 0.3) is 11.0 Å². The molecule has 1 aromatic heterocycles. The highest BCUT2D eigenvalue weighted by atomic mass is 15.2. The van der Waals surface area contributed by atoms with Crippen LogP contribution < -0.4 is 11.6 Å². The molecule has 0 radical (unpaired) electrons. The molecule has 0 fully saturated rings. The minimum absolute atomic E-state index is 0.319. The van der Waals surface area contributed by atoms with Gasteiger partial charge in [0.05, 0.1) is 11.0 Å². The van der Waals surface area contributed by atoms with Gasteiger partial charge in [-0.15, -0.1) is 0 Å². The van der Waals surface area contributed by atoms with Crippen LogP contribution in [0.15, 0.2) is 23.3 Å². The molecule has 0 saturated carbocycles. The van der Waals surface area contributed by atoms with Gasteiger partial charge in [-0.1, -0.05) is 0 Å². The molecule has 0 bridgehead atoms. The molecule has 14 heavy (non-hydrogen) atoms. The van der Waals surface area contributed by atoms with Gasteiger partial charge >= 0.3 is 0 Å². The number of fused-ring (bicyclic) bond motifs is 1. The summed E-state index contributed by atoms with van der Waals surface area (Å²) < 4.78 is 0. The number of imidazole rings is 1. The Morgan fingerprint density at radius 3 is 3.00 bits per heavy atom. The van der Waals surface area contributed by atoms with Gasteiger partial charge in [0.2, 0.25) is 0 Å². The van der Waals surface area contributed by atoms with Crippen molar-refractivity contribution in [2.75, 3.05) is 0 Å². The maximum absolute atomic E-state index is 5.58. The minimum atomic E-state index is 0.319. The molecule has 0 amide bonds. The predicted molar refractivity (Wildman–Crippen MR) is 55.7 cm³/mol. The van der Waals surface area contributed by atoms with E-state index in [1.165, 1.54) is 0 Å². The van der Waals surface area contributed by atoms with E-state index < -0.39 is 0 Å². The molecule has 1 aromatic carbocycles. The first-order valence-electron chi connectivity index (χ1n) is 4.21. The molecule has 0 atom stereocenters. The van der Waals surface area contributed by atoms with Gasteiger partial charge in [0.15, 0.2) is 0 Å². The van der Waals surface area contributed by atoms with Crippen molar-refractivity contribution in [2.24, 2.45) is 16.7 Å². The van der Waals surface area contributed by atoms with Gasteiger partial charge in [-0.3, -0.25) is 0 Å². The smallest absolute Gasteiger partial charge is 0.150 e. The molecule has 0 spiro atoms. The Kier molecular flexibility index (Phi) is 1.85. The summed E-state index contributed by atoms with van der Waals surface area (Å²) in [7, 11) is 0. The third kappa shape index (κ3) is 1.28. The second-order valence-electron chi connectivity index (χ2n) is 3.07. The number of aromatic nitrogens is 2. The molecule has 0 aliphatic carbocycles. The van der Waals surface area contributed by atoms with Crippen LogP contribution in [0.5, 0.6) is 0 Å². The number of benzene rings is 1. The van der Waals surface area contributed by atoms with Gasteiger partial charge in [-0.05, 0) is 25.1 Å². The fourth-order valence-electron chi connectivity index (χ4n) is 1.37. The summed E-state index contributed by atoms with van der Waals surface area (Å²) >= 11 is 0. The van der Waals surface area contributed by atoms with E-state index in [9.17, 15) is 0 Å². The number of amidine groups is 1. The number of nitrogens with one attached hydrogen (secondary N) is 1. The number of H-pyrrole nitrogens is 1. The zero-order valence-electron chi connectivity index (χ0n) is 7.78. The molecule has 2 rings (SSSR count). The molecule has 0 saturated heterocycles. The Labute approximate surface area is 80.8 Å². The van der Waals surface area contributed by atoms with E-state index in [1.54, 1.807) is 0 Å². The first kappa shape index (κ1) is 8.55. The van der Waals surface area contributed by atoms with Crippen molar-refractivity contribution in [1.82, 2.24) is 9.97 Å². The van der Waals surface area contributed by atoms with Crippen LogP contribution in [0.3, 0.4) is 0 Å². The fourth-order valence-corrected chi connectivity index (χ4v) is 1.37. The molecule has 0 aliphatic heterocycles. The standard InChI is InChI=1S/C9H11N5/c1-5-12-7-3-2-6(9(10)14-11)4-8(7)13-5/h2-4H,11H2,1H3,(H2,10,14)(H,12,13). The highest BCUT2D eigenvalue weighted by molar-refractivity contribution is 5.99. The van der Waals surface area contributed by atoms with Crippen LogP contribution in [0.2, 0.25) is 0 Å². The van der Waals surface area contributed by atoms with Crippen molar-refractivity contribution in [3.8, 4) is 0 Å². The summed E-state index contributed by atoms with van der Waals surface area (Å²) in [6.45, 7) is 1.90. The predicted octanol–water partition coefficient (Wildman–Crippen LogP) is 0.450. The third-order valence-corrected chi connectivity index (χ3v) is 2.04. The number of nitrogens with two attached hydrogens (primary N) is 2. The fraction of sp³-hybridized carbons (Fsp3) is 0.111. The highest BCUT2D eigenvalue weighted by Crippen LogP contribution is 2.12. The molecule has 5 nitrogen and oxygen atoms in total. The molecule has 5 N–H and O–H groups in total. The summed E-state index contributed by atoms with van der Waals surface area (Å²) in [5.74, 6) is 6.28. The van der Waals surface area contributed by atoms with E-state index in [1.807, 2.05) is 25.1 Å². The second-order valence-corrected chi connectivity index (χ2v) is 3.07. The van der Waals surface area contributed by atoms with E-state index in [0.717, 1.165) is 22.4 Å². The lowest BCUT2D eigenvalue weighted by Gasteiger charge is -1.97. The van der Waals surface area contributed by atoms with Crippen LogP contribution in [-0.4, -0.2) is 15.8 Å². The first-order valence-corrected chi connectivity index (χ1v) is 4.21. The number of hydrogen-bond acceptors (Lipinski definition) is 3. The SMILES string of the molecule is Cc1nc2ccc(/C(N)=N/N)cc2[nH]1. The largest absolute Gasteiger partial charge is 0.382 e. The quantitative estimate of drug-likeness (QED) is 0.263. The van der Waals surface area contributed by atoms with Crippen molar-refractivity contribution < 1.29 is 0 Å². The Morgan fingerprint density at radius 1 is 1.50 bits per heavy atom. The molecule has 1 heterocycles. The Balaban J connectivity index is 2.61. The van der Waals surface area contributed by atoms with Crippen LogP contribution in [0, 0.1) is 6.92 Å².